The molecule has 1 heterocycles. The summed E-state index contributed by atoms with van der Waals surface area (Å²) < 4.78 is 0. The molecule has 1 rings (SSSR count). The molecule has 0 aliphatic carbocycles. The van der Waals surface area contributed by atoms with Crippen molar-refractivity contribution in [2.45, 2.75) is 0 Å². The summed E-state index contributed by atoms with van der Waals surface area (Å²) in [7, 11) is 1.59. The van der Waals surface area contributed by atoms with E-state index in [1.807, 2.05) is 0 Å². The fourth-order valence-electron chi connectivity index (χ4n) is 0.773. The minimum absolute atomic E-state index is 0.796. The van der Waals surface area contributed by atoms with Gasteiger partial charge >= 0.3 is 0 Å². The second-order valence-electron chi connectivity index (χ2n) is 2.38. The Hall–Kier alpha value is 0.700. The van der Waals surface area contributed by atoms with Gasteiger partial charge in [-0.2, -0.15) is 0 Å². The van der Waals surface area contributed by atoms with Crippen LogP contribution in [0.15, 0.2) is 0 Å². The van der Waals surface area contributed by atoms with Crippen molar-refractivity contribution in [3.8, 4) is 0 Å². The van der Waals surface area contributed by atoms with Crippen LogP contribution in [-0.2, 0) is 21.8 Å². The van der Waals surface area contributed by atoms with E-state index in [1.54, 1.807) is 0 Å². The molecule has 0 saturated carbocycles. The van der Waals surface area contributed by atoms with E-state index in [-0.39, 0.29) is 0 Å². The molecule has 0 amide bonds. The van der Waals surface area contributed by atoms with E-state index >= 15 is 0 Å². The van der Waals surface area contributed by atoms with Crippen LogP contribution in [0.25, 0.3) is 0 Å². The first-order valence-electron chi connectivity index (χ1n) is 2.97. The van der Waals surface area contributed by atoms with Gasteiger partial charge in [0, 0.05) is 0 Å². The predicted octanol–water partition coefficient (Wildman–Crippen LogP) is 0.496. The minimum Gasteiger partial charge on any atom is -0.00600 e. The van der Waals surface area contributed by atoms with Gasteiger partial charge in [-0.1, -0.05) is 0 Å². The van der Waals surface area contributed by atoms with Crippen molar-refractivity contribution in [2.24, 2.45) is 0 Å². The van der Waals surface area contributed by atoms with Crippen molar-refractivity contribution in [1.82, 2.24) is 0 Å². The van der Waals surface area contributed by atoms with Gasteiger partial charge in [0.2, 0.25) is 0 Å². The van der Waals surface area contributed by atoms with Crippen LogP contribution in [0.2, 0.25) is 0 Å². The zero-order chi connectivity index (χ0) is 5.98. The summed E-state index contributed by atoms with van der Waals surface area (Å²) in [5, 5.41) is 0. The molecule has 0 aromatic rings. The highest BCUT2D eigenvalue weighted by molar-refractivity contribution is 8.03. The third kappa shape index (κ3) is 1.90. The Morgan fingerprint density at radius 2 is 1.00 bits per heavy atom. The Labute approximate surface area is 57.7 Å². The second-order valence-corrected chi connectivity index (χ2v) is 7.14. The first-order chi connectivity index (χ1) is 3.79. The summed E-state index contributed by atoms with van der Waals surface area (Å²) in [6, 6.07) is 0. The summed E-state index contributed by atoms with van der Waals surface area (Å²) in [4.78, 5) is 0. The maximum absolute atomic E-state index is 2.40. The molecule has 0 bridgehead atoms. The predicted molar refractivity (Wildman–Crippen MR) is 46.0 cm³/mol. The van der Waals surface area contributed by atoms with Crippen LogP contribution in [0.3, 0.4) is 0 Å². The lowest BCUT2D eigenvalue weighted by Gasteiger charge is -2.08. The standard InChI is InChI=1S/C6H14S2/c1-7-3-5-8(2)6-4-7/h3-6H2,1-2H3/q+2. The van der Waals surface area contributed by atoms with E-state index < -0.39 is 0 Å². The Balaban J connectivity index is 2.19. The van der Waals surface area contributed by atoms with Gasteiger partial charge in [-0.3, -0.25) is 0 Å². The Morgan fingerprint density at radius 3 is 1.25 bits per heavy atom. The molecule has 0 spiro atoms. The van der Waals surface area contributed by atoms with Gasteiger partial charge in [-0.25, -0.2) is 0 Å². The van der Waals surface area contributed by atoms with E-state index in [0.29, 0.717) is 0 Å². The van der Waals surface area contributed by atoms with Crippen LogP contribution in [0.5, 0.6) is 0 Å². The van der Waals surface area contributed by atoms with Gasteiger partial charge in [-0.15, -0.1) is 0 Å². The maximum Gasteiger partial charge on any atom is 0.152 e. The monoisotopic (exact) mass is 150 g/mol. The average molecular weight is 150 g/mol. The molecule has 1 aliphatic rings. The SMILES string of the molecule is C[S+]1CC[S+](C)CC1. The molecule has 1 fully saturated rings. The fraction of sp³-hybridized carbons (Fsp3) is 1.00. The first-order valence-corrected chi connectivity index (χ1v) is 6.91. The van der Waals surface area contributed by atoms with Gasteiger partial charge in [0.25, 0.3) is 0 Å². The highest BCUT2D eigenvalue weighted by atomic mass is 32.2. The maximum atomic E-state index is 2.40. The van der Waals surface area contributed by atoms with Gasteiger partial charge in [-0.05, 0) is 21.8 Å². The van der Waals surface area contributed by atoms with E-state index in [0.717, 1.165) is 21.8 Å². The van der Waals surface area contributed by atoms with Crippen molar-refractivity contribution < 1.29 is 0 Å². The summed E-state index contributed by atoms with van der Waals surface area (Å²) >= 11 is 0. The highest BCUT2D eigenvalue weighted by Gasteiger charge is 2.26. The Morgan fingerprint density at radius 1 is 0.750 bits per heavy atom. The summed E-state index contributed by atoms with van der Waals surface area (Å²) in [5.74, 6) is 6.05. The van der Waals surface area contributed by atoms with E-state index in [9.17, 15) is 0 Å². The lowest BCUT2D eigenvalue weighted by molar-refractivity contribution is 1.37. The quantitative estimate of drug-likeness (QED) is 0.441. The molecule has 0 aromatic carbocycles. The third-order valence-electron chi connectivity index (χ3n) is 1.56. The van der Waals surface area contributed by atoms with Crippen molar-refractivity contribution in [3.63, 3.8) is 0 Å². The summed E-state index contributed by atoms with van der Waals surface area (Å²) in [5.41, 5.74) is 0. The van der Waals surface area contributed by atoms with Crippen molar-refractivity contribution in [2.75, 3.05) is 35.5 Å². The minimum atomic E-state index is 0.796. The fourth-order valence-corrected chi connectivity index (χ4v) is 5.73. The van der Waals surface area contributed by atoms with E-state index in [2.05, 4.69) is 12.5 Å². The molecule has 48 valence electrons. The van der Waals surface area contributed by atoms with Gasteiger partial charge in [0.15, 0.2) is 23.0 Å². The molecule has 0 N–H and O–H groups in total. The highest BCUT2D eigenvalue weighted by Crippen LogP contribution is 2.05. The van der Waals surface area contributed by atoms with Crippen molar-refractivity contribution in [1.29, 1.82) is 0 Å². The van der Waals surface area contributed by atoms with E-state index in [1.165, 1.54) is 23.0 Å². The summed E-state index contributed by atoms with van der Waals surface area (Å²) in [6.07, 6.45) is 4.80. The topological polar surface area (TPSA) is 0 Å². The van der Waals surface area contributed by atoms with Crippen molar-refractivity contribution in [3.05, 3.63) is 0 Å². The molecule has 8 heavy (non-hydrogen) atoms. The molecule has 0 radical (unpaired) electrons. The molecule has 1 aliphatic heterocycles. The molecule has 0 atom stereocenters. The lowest BCUT2D eigenvalue weighted by atomic mass is 10.9. The van der Waals surface area contributed by atoms with Gasteiger partial charge in [0.05, 0.1) is 12.5 Å². The molecule has 0 nitrogen and oxygen atoms in total. The zero-order valence-electron chi connectivity index (χ0n) is 5.64. The van der Waals surface area contributed by atoms with Crippen LogP contribution < -0.4 is 0 Å². The molecular weight excluding hydrogens is 136 g/mol. The largest absolute Gasteiger partial charge is 0.152 e. The third-order valence-corrected chi connectivity index (χ3v) is 5.68. The Bertz CT molecular complexity index is 54.9. The van der Waals surface area contributed by atoms with E-state index in [4.69, 9.17) is 0 Å². The smallest absolute Gasteiger partial charge is 0.00600 e. The summed E-state index contributed by atoms with van der Waals surface area (Å²) in [6.45, 7) is 0. The Kier molecular flexibility index (Phi) is 2.57. The number of rotatable bonds is 0. The normalized spacial score (nSPS) is 39.8. The average Bonchev–Trinajstić information content (AvgIpc) is 1.77. The molecule has 0 unspecified atom stereocenters. The lowest BCUT2D eigenvalue weighted by Crippen LogP contribution is -2.30. The molecular formula is C6H14S2+2. The van der Waals surface area contributed by atoms with Crippen LogP contribution >= 0.6 is 0 Å². The van der Waals surface area contributed by atoms with Gasteiger partial charge < -0.3 is 0 Å². The number of hydrogen-bond acceptors (Lipinski definition) is 0. The zero-order valence-corrected chi connectivity index (χ0v) is 7.28. The van der Waals surface area contributed by atoms with Crippen LogP contribution in [-0.4, -0.2) is 35.5 Å². The van der Waals surface area contributed by atoms with Crippen molar-refractivity contribution >= 4 is 21.8 Å². The van der Waals surface area contributed by atoms with Gasteiger partial charge in [0.1, 0.15) is 0 Å². The van der Waals surface area contributed by atoms with Crippen LogP contribution in [0, 0.1) is 0 Å². The van der Waals surface area contributed by atoms with Crippen LogP contribution in [0.4, 0.5) is 0 Å². The second kappa shape index (κ2) is 3.02. The first kappa shape index (κ1) is 6.81. The number of hydrogen-bond donors (Lipinski definition) is 0. The van der Waals surface area contributed by atoms with Crippen LogP contribution in [0.1, 0.15) is 0 Å². The molecule has 2 heteroatoms. The molecule has 0 aromatic heterocycles. The molecule has 1 saturated heterocycles.